The van der Waals surface area contributed by atoms with Crippen LogP contribution in [-0.2, 0) is 23.4 Å². The Hall–Kier alpha value is -2.14. The summed E-state index contributed by atoms with van der Waals surface area (Å²) in [6.07, 6.45) is 2.16. The van der Waals surface area contributed by atoms with Crippen molar-refractivity contribution in [1.29, 1.82) is 0 Å². The van der Waals surface area contributed by atoms with Crippen molar-refractivity contribution in [3.63, 3.8) is 0 Å². The molecule has 2 N–H and O–H groups in total. The maximum atomic E-state index is 13.7. The Kier molecular flexibility index (Phi) is 10.4. The second kappa shape index (κ2) is 13.1. The van der Waals surface area contributed by atoms with Crippen LogP contribution < -0.4 is 20.9 Å². The van der Waals surface area contributed by atoms with Gasteiger partial charge in [0.15, 0.2) is 0 Å². The van der Waals surface area contributed by atoms with E-state index in [1.165, 1.54) is 42.0 Å². The number of benzene rings is 1. The van der Waals surface area contributed by atoms with Gasteiger partial charge in [-0.05, 0) is 31.9 Å². The lowest BCUT2D eigenvalue weighted by Gasteiger charge is -2.24. The van der Waals surface area contributed by atoms with E-state index >= 15 is 0 Å². The van der Waals surface area contributed by atoms with Crippen molar-refractivity contribution in [3.8, 4) is 5.75 Å². The van der Waals surface area contributed by atoms with E-state index in [9.17, 15) is 18.9 Å². The molecule has 0 spiro atoms. The average molecular weight is 578 g/mol. The molecule has 1 aromatic carbocycles. The number of hydrogen-bond acceptors (Lipinski definition) is 8. The van der Waals surface area contributed by atoms with Gasteiger partial charge in [0.1, 0.15) is 18.0 Å². The highest BCUT2D eigenvalue weighted by Crippen LogP contribution is 2.47. The molecule has 0 bridgehead atoms. The Bertz CT molecular complexity index is 1250. The quantitative estimate of drug-likeness (QED) is 0.215. The van der Waals surface area contributed by atoms with Crippen LogP contribution in [0.5, 0.6) is 5.75 Å². The number of nitrogens with one attached hydrogen (secondary N) is 2. The monoisotopic (exact) mass is 577 g/mol. The third kappa shape index (κ3) is 8.17. The van der Waals surface area contributed by atoms with Gasteiger partial charge in [-0.2, -0.15) is 5.09 Å². The number of carbonyl (C=O) groups is 1. The van der Waals surface area contributed by atoms with Gasteiger partial charge in [0.2, 0.25) is 0 Å². The summed E-state index contributed by atoms with van der Waals surface area (Å²) in [7, 11) is -4.15. The zero-order valence-corrected chi connectivity index (χ0v) is 23.1. The second-order valence-corrected chi connectivity index (χ2v) is 11.2. The Morgan fingerprint density at radius 3 is 2.73 bits per heavy atom. The molecule has 0 amide bonds. The number of rotatable bonds is 12. The molecule has 2 heterocycles. The van der Waals surface area contributed by atoms with E-state index in [0.717, 1.165) is 6.42 Å². The number of aromatic amines is 1. The summed E-state index contributed by atoms with van der Waals surface area (Å²) >= 11 is 12.0. The fraction of sp³-hybridized carbons (Fsp3) is 0.522. The number of ether oxygens (including phenoxy) is 2. The number of hydrogen-bond donors (Lipinski definition) is 2. The first-order chi connectivity index (χ1) is 17.5. The van der Waals surface area contributed by atoms with Crippen LogP contribution in [0.4, 0.5) is 0 Å². The third-order valence-electron chi connectivity index (χ3n) is 5.57. The minimum atomic E-state index is -4.15. The van der Waals surface area contributed by atoms with Crippen molar-refractivity contribution in [1.82, 2.24) is 14.6 Å². The Morgan fingerprint density at radius 2 is 2.05 bits per heavy atom. The number of esters is 1. The van der Waals surface area contributed by atoms with Crippen molar-refractivity contribution < 1.29 is 27.9 Å². The van der Waals surface area contributed by atoms with Gasteiger partial charge in [0.05, 0.1) is 29.4 Å². The van der Waals surface area contributed by atoms with Gasteiger partial charge in [-0.15, -0.1) is 0 Å². The summed E-state index contributed by atoms with van der Waals surface area (Å²) in [6.45, 7) is 5.38. The fourth-order valence-electron chi connectivity index (χ4n) is 3.67. The molecular weight excluding hydrogens is 548 g/mol. The lowest BCUT2D eigenvalue weighted by molar-refractivity contribution is -0.145. The van der Waals surface area contributed by atoms with E-state index in [4.69, 9.17) is 41.7 Å². The predicted octanol–water partition coefficient (Wildman–Crippen LogP) is 4.29. The smallest absolute Gasteiger partial charge is 0.459 e. The molecule has 0 radical (unpaired) electrons. The molecule has 204 valence electrons. The van der Waals surface area contributed by atoms with Crippen LogP contribution in [0.25, 0.3) is 0 Å². The second-order valence-electron chi connectivity index (χ2n) is 8.71. The molecule has 5 atom stereocenters. The molecule has 1 aliphatic heterocycles. The molecule has 37 heavy (non-hydrogen) atoms. The molecule has 1 aromatic heterocycles. The minimum Gasteiger partial charge on any atom is -0.465 e. The van der Waals surface area contributed by atoms with Crippen LogP contribution in [-0.4, -0.2) is 40.9 Å². The Morgan fingerprint density at radius 1 is 1.30 bits per heavy atom. The Balaban J connectivity index is 1.72. The van der Waals surface area contributed by atoms with E-state index in [0.29, 0.717) is 12.8 Å². The van der Waals surface area contributed by atoms with E-state index in [1.54, 1.807) is 0 Å². The van der Waals surface area contributed by atoms with Gasteiger partial charge in [-0.1, -0.05) is 43.5 Å². The van der Waals surface area contributed by atoms with Gasteiger partial charge in [-0.3, -0.25) is 23.7 Å². The van der Waals surface area contributed by atoms with Gasteiger partial charge >= 0.3 is 19.4 Å². The van der Waals surface area contributed by atoms with Gasteiger partial charge in [-0.25, -0.2) is 9.36 Å². The lowest BCUT2D eigenvalue weighted by atomic mass is 10.1. The molecule has 1 unspecified atom stereocenters. The Labute approximate surface area is 223 Å². The van der Waals surface area contributed by atoms with Crippen LogP contribution in [0.1, 0.15) is 46.3 Å². The summed E-state index contributed by atoms with van der Waals surface area (Å²) in [5.41, 5.74) is -1.11. The highest BCUT2D eigenvalue weighted by Gasteiger charge is 2.38. The normalized spacial score (nSPS) is 21.8. The average Bonchev–Trinajstić information content (AvgIpc) is 3.20. The fourth-order valence-corrected chi connectivity index (χ4v) is 5.47. The zero-order chi connectivity index (χ0) is 27.2. The molecule has 1 fully saturated rings. The molecule has 0 aliphatic carbocycles. The molecular formula is C23H30Cl2N3O8P. The molecule has 1 saturated heterocycles. The van der Waals surface area contributed by atoms with E-state index < -0.39 is 43.3 Å². The predicted molar refractivity (Wildman–Crippen MR) is 138 cm³/mol. The minimum absolute atomic E-state index is 0.107. The van der Waals surface area contributed by atoms with Crippen LogP contribution in [0.15, 0.2) is 40.1 Å². The highest BCUT2D eigenvalue weighted by atomic mass is 35.5. The van der Waals surface area contributed by atoms with Gasteiger partial charge < -0.3 is 14.0 Å². The SMILES string of the molecule is CCCCOC(=O)[C@H](C)NP(=O)(OC[C@@H]1C[C@H](C)[C@@H](n2ccc(=O)[nH]c2=O)O1)Oc1ccc(Cl)c(Cl)c1. The van der Waals surface area contributed by atoms with Crippen molar-refractivity contribution in [2.75, 3.05) is 13.2 Å². The summed E-state index contributed by atoms with van der Waals surface area (Å²) < 4.78 is 37.5. The van der Waals surface area contributed by atoms with Crippen molar-refractivity contribution in [2.45, 2.75) is 58.4 Å². The zero-order valence-electron chi connectivity index (χ0n) is 20.6. The van der Waals surface area contributed by atoms with Crippen LogP contribution in [0.3, 0.4) is 0 Å². The number of carbonyl (C=O) groups excluding carboxylic acids is 1. The first-order valence-corrected chi connectivity index (χ1v) is 14.1. The number of unbranched alkanes of at least 4 members (excludes halogenated alkanes) is 1. The van der Waals surface area contributed by atoms with E-state index in [-0.39, 0.29) is 34.9 Å². The molecule has 11 nitrogen and oxygen atoms in total. The summed E-state index contributed by atoms with van der Waals surface area (Å²) in [5, 5.41) is 3.07. The topological polar surface area (TPSA) is 138 Å². The summed E-state index contributed by atoms with van der Waals surface area (Å²) in [6, 6.07) is 4.52. The van der Waals surface area contributed by atoms with Gasteiger partial charge in [0.25, 0.3) is 5.56 Å². The number of aromatic nitrogens is 2. The highest BCUT2D eigenvalue weighted by molar-refractivity contribution is 7.52. The van der Waals surface area contributed by atoms with Crippen LogP contribution in [0, 0.1) is 5.92 Å². The van der Waals surface area contributed by atoms with Crippen molar-refractivity contribution in [2.24, 2.45) is 5.92 Å². The molecule has 3 rings (SSSR count). The standard InChI is InChI=1S/C23H30Cl2N3O8P/c1-4-5-10-33-22(30)15(3)27-37(32,36-16-6-7-18(24)19(25)12-16)34-13-17-11-14(2)21(35-17)28-9-8-20(29)26-23(28)31/h6-9,12,14-15,17,21H,4-5,10-11,13H2,1-3H3,(H,27,32)(H,26,29,31)/t14-,15-,17-,21-,37?/m0/s1. The summed E-state index contributed by atoms with van der Waals surface area (Å²) in [4.78, 5) is 38.1. The van der Waals surface area contributed by atoms with Crippen molar-refractivity contribution >= 4 is 36.9 Å². The first kappa shape index (κ1) is 29.4. The first-order valence-electron chi connectivity index (χ1n) is 11.8. The maximum Gasteiger partial charge on any atom is 0.459 e. The van der Waals surface area contributed by atoms with Crippen molar-refractivity contribution in [3.05, 3.63) is 61.3 Å². The summed E-state index contributed by atoms with van der Waals surface area (Å²) in [5.74, 6) is -0.624. The lowest BCUT2D eigenvalue weighted by Crippen LogP contribution is -2.36. The van der Waals surface area contributed by atoms with E-state index in [1.807, 2.05) is 13.8 Å². The number of halogens is 2. The third-order valence-corrected chi connectivity index (χ3v) is 7.96. The maximum absolute atomic E-state index is 13.7. The number of nitrogens with zero attached hydrogens (tertiary/aromatic N) is 1. The molecule has 14 heteroatoms. The van der Waals surface area contributed by atoms with Gasteiger partial charge in [0, 0.05) is 24.2 Å². The van der Waals surface area contributed by atoms with Crippen LogP contribution >= 0.6 is 30.9 Å². The molecule has 2 aromatic rings. The van der Waals surface area contributed by atoms with Crippen LogP contribution in [0.2, 0.25) is 10.0 Å². The molecule has 1 aliphatic rings. The van der Waals surface area contributed by atoms with E-state index in [2.05, 4.69) is 10.1 Å². The molecule has 0 saturated carbocycles. The largest absolute Gasteiger partial charge is 0.465 e. The number of H-pyrrole nitrogens is 1.